The molecule has 21 heavy (non-hydrogen) atoms. The van der Waals surface area contributed by atoms with Crippen LogP contribution in [0, 0.1) is 0 Å². The Hall–Kier alpha value is -1.57. The maximum Gasteiger partial charge on any atom is 0.330 e. The van der Waals surface area contributed by atoms with E-state index in [0.29, 0.717) is 6.61 Å². The van der Waals surface area contributed by atoms with Gasteiger partial charge in [-0.1, -0.05) is 63.3 Å². The summed E-state index contributed by atoms with van der Waals surface area (Å²) in [6.45, 7) is 4.47. The fraction of sp³-hybridized carbons (Fsp3) is 0.526. The lowest BCUT2D eigenvalue weighted by Gasteiger charge is -2.03. The minimum Gasteiger partial charge on any atom is -0.463 e. The molecule has 0 atom stereocenters. The van der Waals surface area contributed by atoms with Crippen molar-refractivity contribution in [3.63, 3.8) is 0 Å². The highest BCUT2D eigenvalue weighted by Crippen LogP contribution is 2.12. The predicted octanol–water partition coefficient (Wildman–Crippen LogP) is 5.17. The van der Waals surface area contributed by atoms with Crippen molar-refractivity contribution in [3.05, 3.63) is 41.5 Å². The van der Waals surface area contributed by atoms with E-state index in [4.69, 9.17) is 4.74 Å². The van der Waals surface area contributed by atoms with Gasteiger partial charge in [0.25, 0.3) is 0 Å². The van der Waals surface area contributed by atoms with Gasteiger partial charge < -0.3 is 4.74 Å². The summed E-state index contributed by atoms with van der Waals surface area (Å²) in [6.07, 6.45) is 12.4. The van der Waals surface area contributed by atoms with Crippen molar-refractivity contribution in [2.45, 2.75) is 58.8 Å². The normalized spacial score (nSPS) is 11.0. The Morgan fingerprint density at radius 1 is 1.00 bits per heavy atom. The first-order valence-electron chi connectivity index (χ1n) is 8.20. The molecule has 0 fully saturated rings. The summed E-state index contributed by atoms with van der Waals surface area (Å²) in [7, 11) is 0. The van der Waals surface area contributed by atoms with Crippen LogP contribution in [0.15, 0.2) is 30.3 Å². The van der Waals surface area contributed by atoms with Crippen LogP contribution in [0.5, 0.6) is 0 Å². The van der Waals surface area contributed by atoms with E-state index in [-0.39, 0.29) is 5.97 Å². The molecule has 2 heteroatoms. The van der Waals surface area contributed by atoms with Crippen LogP contribution in [0.1, 0.15) is 63.5 Å². The molecule has 1 aromatic rings. The van der Waals surface area contributed by atoms with Crippen LogP contribution in [0.4, 0.5) is 0 Å². The van der Waals surface area contributed by atoms with Crippen LogP contribution in [-0.2, 0) is 16.0 Å². The summed E-state index contributed by atoms with van der Waals surface area (Å²) in [6, 6.07) is 8.41. The maximum absolute atomic E-state index is 11.2. The van der Waals surface area contributed by atoms with Gasteiger partial charge in [0.2, 0.25) is 0 Å². The quantitative estimate of drug-likeness (QED) is 0.337. The SMILES string of the molecule is CCCCCCCCc1ccc(/C=C/C(=O)OCC)cc1. The highest BCUT2D eigenvalue weighted by atomic mass is 16.5. The lowest BCUT2D eigenvalue weighted by molar-refractivity contribution is -0.137. The first-order chi connectivity index (χ1) is 10.3. The molecule has 0 saturated heterocycles. The van der Waals surface area contributed by atoms with Gasteiger partial charge in [-0.25, -0.2) is 4.79 Å². The first kappa shape index (κ1) is 17.5. The Bertz CT molecular complexity index is 418. The van der Waals surface area contributed by atoms with Gasteiger partial charge in [-0.2, -0.15) is 0 Å². The number of rotatable bonds is 10. The van der Waals surface area contributed by atoms with E-state index in [1.807, 2.05) is 6.92 Å². The standard InChI is InChI=1S/C19H28O2/c1-3-5-6-7-8-9-10-17-11-13-18(14-12-17)15-16-19(20)21-4-2/h11-16H,3-10H2,1-2H3/b16-15+. The van der Waals surface area contributed by atoms with Gasteiger partial charge in [0, 0.05) is 6.08 Å². The number of hydrogen-bond acceptors (Lipinski definition) is 2. The largest absolute Gasteiger partial charge is 0.463 e. The van der Waals surface area contributed by atoms with Crippen molar-refractivity contribution in [2.75, 3.05) is 6.61 Å². The molecule has 2 nitrogen and oxygen atoms in total. The third-order valence-corrected chi connectivity index (χ3v) is 3.50. The lowest BCUT2D eigenvalue weighted by Crippen LogP contribution is -1.98. The molecule has 1 aromatic carbocycles. The molecule has 0 aliphatic rings. The van der Waals surface area contributed by atoms with Crippen LogP contribution in [-0.4, -0.2) is 12.6 Å². The Labute approximate surface area is 129 Å². The van der Waals surface area contributed by atoms with Crippen LogP contribution in [0.25, 0.3) is 6.08 Å². The Kier molecular flexibility index (Phi) is 9.26. The summed E-state index contributed by atoms with van der Waals surface area (Å²) >= 11 is 0. The van der Waals surface area contributed by atoms with Crippen molar-refractivity contribution < 1.29 is 9.53 Å². The third-order valence-electron chi connectivity index (χ3n) is 3.50. The van der Waals surface area contributed by atoms with Crippen LogP contribution >= 0.6 is 0 Å². The maximum atomic E-state index is 11.2. The molecule has 0 aliphatic carbocycles. The first-order valence-corrected chi connectivity index (χ1v) is 8.20. The predicted molar refractivity (Wildman–Crippen MR) is 89.2 cm³/mol. The minimum atomic E-state index is -0.284. The number of unbranched alkanes of at least 4 members (excludes halogenated alkanes) is 5. The molecule has 0 unspecified atom stereocenters. The monoisotopic (exact) mass is 288 g/mol. The zero-order valence-corrected chi connectivity index (χ0v) is 13.4. The van der Waals surface area contributed by atoms with Crippen LogP contribution in [0.2, 0.25) is 0 Å². The summed E-state index contributed by atoms with van der Waals surface area (Å²) in [5, 5.41) is 0. The van der Waals surface area contributed by atoms with Gasteiger partial charge in [-0.3, -0.25) is 0 Å². The molecular formula is C19H28O2. The zero-order chi connectivity index (χ0) is 15.3. The second-order valence-corrected chi connectivity index (χ2v) is 5.34. The molecule has 0 aliphatic heterocycles. The smallest absolute Gasteiger partial charge is 0.330 e. The fourth-order valence-corrected chi connectivity index (χ4v) is 2.26. The molecule has 0 saturated carbocycles. The molecule has 1 rings (SSSR count). The molecule has 0 heterocycles. The van der Waals surface area contributed by atoms with Crippen molar-refractivity contribution in [1.82, 2.24) is 0 Å². The second-order valence-electron chi connectivity index (χ2n) is 5.34. The van der Waals surface area contributed by atoms with E-state index in [9.17, 15) is 4.79 Å². The Balaban J connectivity index is 2.28. The number of aryl methyl sites for hydroxylation is 1. The molecule has 0 aromatic heterocycles. The zero-order valence-electron chi connectivity index (χ0n) is 13.4. The fourth-order valence-electron chi connectivity index (χ4n) is 2.26. The highest BCUT2D eigenvalue weighted by Gasteiger charge is 1.96. The van der Waals surface area contributed by atoms with E-state index in [0.717, 1.165) is 12.0 Å². The van der Waals surface area contributed by atoms with Gasteiger partial charge in [-0.05, 0) is 37.0 Å². The van der Waals surface area contributed by atoms with Crippen molar-refractivity contribution in [2.24, 2.45) is 0 Å². The summed E-state index contributed by atoms with van der Waals surface area (Å²) in [4.78, 5) is 11.2. The number of carbonyl (C=O) groups is 1. The number of ether oxygens (including phenoxy) is 1. The molecule has 0 bridgehead atoms. The van der Waals surface area contributed by atoms with E-state index in [1.54, 1.807) is 6.08 Å². The molecule has 0 amide bonds. The summed E-state index contributed by atoms with van der Waals surface area (Å²) < 4.78 is 4.85. The average molecular weight is 288 g/mol. The summed E-state index contributed by atoms with van der Waals surface area (Å²) in [5.41, 5.74) is 2.41. The Morgan fingerprint density at radius 3 is 2.33 bits per heavy atom. The molecule has 0 radical (unpaired) electrons. The van der Waals surface area contributed by atoms with Crippen LogP contribution < -0.4 is 0 Å². The van der Waals surface area contributed by atoms with Crippen molar-refractivity contribution in [1.29, 1.82) is 0 Å². The number of carbonyl (C=O) groups excluding carboxylic acids is 1. The van der Waals surface area contributed by atoms with Crippen LogP contribution in [0.3, 0.4) is 0 Å². The topological polar surface area (TPSA) is 26.3 Å². The average Bonchev–Trinajstić information content (AvgIpc) is 2.50. The van der Waals surface area contributed by atoms with Gasteiger partial charge in [-0.15, -0.1) is 0 Å². The molecule has 0 spiro atoms. The number of esters is 1. The lowest BCUT2D eigenvalue weighted by atomic mass is 10.0. The summed E-state index contributed by atoms with van der Waals surface area (Å²) in [5.74, 6) is -0.284. The Morgan fingerprint density at radius 2 is 1.67 bits per heavy atom. The molecule has 0 N–H and O–H groups in total. The van der Waals surface area contributed by atoms with E-state index in [2.05, 4.69) is 31.2 Å². The van der Waals surface area contributed by atoms with Crippen molar-refractivity contribution >= 4 is 12.0 Å². The van der Waals surface area contributed by atoms with Gasteiger partial charge in [0.05, 0.1) is 6.61 Å². The van der Waals surface area contributed by atoms with E-state index in [1.165, 1.54) is 50.2 Å². The van der Waals surface area contributed by atoms with Crippen molar-refractivity contribution in [3.8, 4) is 0 Å². The van der Waals surface area contributed by atoms with E-state index < -0.39 is 0 Å². The van der Waals surface area contributed by atoms with Gasteiger partial charge >= 0.3 is 5.97 Å². The molecule has 116 valence electrons. The van der Waals surface area contributed by atoms with E-state index >= 15 is 0 Å². The van der Waals surface area contributed by atoms with Gasteiger partial charge in [0.15, 0.2) is 0 Å². The van der Waals surface area contributed by atoms with Gasteiger partial charge in [0.1, 0.15) is 0 Å². The number of benzene rings is 1. The third kappa shape index (κ3) is 8.34. The highest BCUT2D eigenvalue weighted by molar-refractivity contribution is 5.86. The molecular weight excluding hydrogens is 260 g/mol. The number of hydrogen-bond donors (Lipinski definition) is 0. The minimum absolute atomic E-state index is 0.284. The second kappa shape index (κ2) is 11.1.